The molecule has 0 saturated heterocycles. The molecule has 3 N–H and O–H groups in total. The summed E-state index contributed by atoms with van der Waals surface area (Å²) in [7, 11) is 0. The van der Waals surface area contributed by atoms with E-state index in [-0.39, 0.29) is 11.2 Å². The first-order valence-corrected chi connectivity index (χ1v) is 8.82. The molecular weight excluding hydrogens is 326 g/mol. The number of nitrogens with one attached hydrogen (secondary N) is 1. The zero-order valence-corrected chi connectivity index (χ0v) is 15.0. The summed E-state index contributed by atoms with van der Waals surface area (Å²) in [6.07, 6.45) is 0.901. The maximum atomic E-state index is 11.9. The van der Waals surface area contributed by atoms with Crippen LogP contribution in [0.1, 0.15) is 27.2 Å². The van der Waals surface area contributed by atoms with Crippen molar-refractivity contribution in [2.24, 2.45) is 0 Å². The van der Waals surface area contributed by atoms with E-state index >= 15 is 0 Å². The van der Waals surface area contributed by atoms with Gasteiger partial charge in [0.1, 0.15) is 5.75 Å². The van der Waals surface area contributed by atoms with Crippen LogP contribution in [0.2, 0.25) is 0 Å². The molecule has 1 heterocycles. The first-order chi connectivity index (χ1) is 11.6. The number of hydrogen-bond donors (Lipinski definition) is 2. The Morgan fingerprint density at radius 2 is 2.04 bits per heavy atom. The van der Waals surface area contributed by atoms with Crippen LogP contribution >= 0.6 is 11.8 Å². The molecule has 0 unspecified atom stereocenters. The van der Waals surface area contributed by atoms with Gasteiger partial charge in [0.2, 0.25) is 11.1 Å². The number of benzene rings is 1. The molecule has 0 saturated carbocycles. The molecule has 0 aliphatic carbocycles. The van der Waals surface area contributed by atoms with Gasteiger partial charge in [-0.2, -0.15) is 0 Å². The first-order valence-electron chi connectivity index (χ1n) is 7.94. The largest absolute Gasteiger partial charge is 0.494 e. The van der Waals surface area contributed by atoms with Gasteiger partial charge in [0.25, 0.3) is 0 Å². The van der Waals surface area contributed by atoms with Crippen LogP contribution in [0, 0.1) is 0 Å². The Bertz CT molecular complexity index is 672. The third kappa shape index (κ3) is 4.41. The van der Waals surface area contributed by atoms with Gasteiger partial charge in [-0.15, -0.1) is 10.2 Å². The number of thioether (sulfide) groups is 1. The van der Waals surface area contributed by atoms with Crippen molar-refractivity contribution in [1.29, 1.82) is 0 Å². The molecule has 0 radical (unpaired) electrons. The number of ether oxygens (including phenoxy) is 1. The average Bonchev–Trinajstić information content (AvgIpc) is 2.94. The molecular formula is C16H23N5O2S. The van der Waals surface area contributed by atoms with E-state index in [1.54, 1.807) is 0 Å². The molecule has 0 fully saturated rings. The predicted molar refractivity (Wildman–Crippen MR) is 95.4 cm³/mol. The molecule has 1 amide bonds. The Hall–Kier alpha value is -2.22. The monoisotopic (exact) mass is 349 g/mol. The van der Waals surface area contributed by atoms with E-state index in [9.17, 15) is 4.79 Å². The van der Waals surface area contributed by atoms with E-state index in [1.807, 2.05) is 45.0 Å². The maximum Gasteiger partial charge on any atom is 0.233 e. The fraction of sp³-hybridized carbons (Fsp3) is 0.438. The average molecular weight is 349 g/mol. The third-order valence-electron chi connectivity index (χ3n) is 3.29. The topological polar surface area (TPSA) is 95.1 Å². The van der Waals surface area contributed by atoms with Crippen LogP contribution in [-0.4, -0.2) is 39.2 Å². The van der Waals surface area contributed by atoms with Gasteiger partial charge in [-0.3, -0.25) is 4.79 Å². The molecule has 0 spiro atoms. The fourth-order valence-corrected chi connectivity index (χ4v) is 2.82. The normalized spacial score (nSPS) is 12.0. The molecule has 1 aromatic carbocycles. The number of nitrogens with zero attached hydrogens (tertiary/aromatic N) is 3. The molecule has 0 aliphatic heterocycles. The highest BCUT2D eigenvalue weighted by atomic mass is 32.2. The van der Waals surface area contributed by atoms with Crippen LogP contribution in [0.3, 0.4) is 0 Å². The number of nitrogens with two attached hydrogens (primary N) is 1. The quantitative estimate of drug-likeness (QED) is 0.559. The van der Waals surface area contributed by atoms with Crippen molar-refractivity contribution in [1.82, 2.24) is 20.2 Å². The van der Waals surface area contributed by atoms with E-state index in [0.717, 1.165) is 17.7 Å². The van der Waals surface area contributed by atoms with Crippen LogP contribution in [0.25, 0.3) is 11.4 Å². The lowest BCUT2D eigenvalue weighted by Crippen LogP contribution is -2.31. The minimum Gasteiger partial charge on any atom is -0.494 e. The number of amides is 1. The van der Waals surface area contributed by atoms with Crippen molar-refractivity contribution >= 4 is 17.7 Å². The Labute approximate surface area is 145 Å². The van der Waals surface area contributed by atoms with Crippen LogP contribution in [0.5, 0.6) is 5.75 Å². The van der Waals surface area contributed by atoms with E-state index in [4.69, 9.17) is 10.6 Å². The van der Waals surface area contributed by atoms with E-state index < -0.39 is 0 Å². The highest BCUT2D eigenvalue weighted by Gasteiger charge is 2.19. The number of hydrogen-bond acceptors (Lipinski definition) is 6. The summed E-state index contributed by atoms with van der Waals surface area (Å²) in [4.78, 5) is 11.9. The van der Waals surface area contributed by atoms with Gasteiger partial charge in [-0.1, -0.05) is 18.7 Å². The van der Waals surface area contributed by atoms with Crippen molar-refractivity contribution in [2.45, 2.75) is 37.6 Å². The molecule has 130 valence electrons. The molecule has 1 aromatic heterocycles. The van der Waals surface area contributed by atoms with Crippen molar-refractivity contribution < 1.29 is 9.53 Å². The van der Waals surface area contributed by atoms with Gasteiger partial charge in [0.15, 0.2) is 5.82 Å². The van der Waals surface area contributed by atoms with Crippen LogP contribution < -0.4 is 15.9 Å². The molecule has 0 aliphatic rings. The smallest absolute Gasteiger partial charge is 0.233 e. The second kappa shape index (κ2) is 8.58. The van der Waals surface area contributed by atoms with Crippen molar-refractivity contribution in [3.63, 3.8) is 0 Å². The lowest BCUT2D eigenvalue weighted by atomic mass is 10.2. The first kappa shape index (κ1) is 18.1. The Morgan fingerprint density at radius 3 is 2.67 bits per heavy atom. The zero-order valence-electron chi connectivity index (χ0n) is 14.2. The third-order valence-corrected chi connectivity index (χ3v) is 4.35. The van der Waals surface area contributed by atoms with Gasteiger partial charge in [-0.25, -0.2) is 4.68 Å². The summed E-state index contributed by atoms with van der Waals surface area (Å²) in [6.45, 7) is 7.05. The maximum absolute atomic E-state index is 11.9. The molecule has 8 heteroatoms. The molecule has 2 aromatic rings. The fourth-order valence-electron chi connectivity index (χ4n) is 2.02. The second-order valence-corrected chi connectivity index (χ2v) is 6.49. The SMILES string of the molecule is CCCNC(=O)[C@@H](C)Sc1nnc(-c2ccc(OCC)cc2)n1N. The number of carbonyl (C=O) groups excluding carboxylic acids is 1. The van der Waals surface area contributed by atoms with E-state index in [0.29, 0.717) is 24.1 Å². The minimum atomic E-state index is -0.295. The molecule has 1 atom stereocenters. The van der Waals surface area contributed by atoms with Crippen molar-refractivity contribution in [2.75, 3.05) is 19.0 Å². The predicted octanol–water partition coefficient (Wildman–Crippen LogP) is 2.06. The summed E-state index contributed by atoms with van der Waals surface area (Å²) in [6, 6.07) is 7.48. The van der Waals surface area contributed by atoms with Crippen LogP contribution in [-0.2, 0) is 4.79 Å². The molecule has 24 heavy (non-hydrogen) atoms. The number of carbonyl (C=O) groups is 1. The summed E-state index contributed by atoms with van der Waals surface area (Å²) in [5.41, 5.74) is 0.836. The van der Waals surface area contributed by atoms with Gasteiger partial charge in [0, 0.05) is 12.1 Å². The summed E-state index contributed by atoms with van der Waals surface area (Å²) < 4.78 is 6.83. The van der Waals surface area contributed by atoms with Gasteiger partial charge < -0.3 is 15.9 Å². The lowest BCUT2D eigenvalue weighted by molar-refractivity contribution is -0.120. The lowest BCUT2D eigenvalue weighted by Gasteiger charge is -2.11. The van der Waals surface area contributed by atoms with Crippen molar-refractivity contribution in [3.8, 4) is 17.1 Å². The minimum absolute atomic E-state index is 0.0348. The Balaban J connectivity index is 2.09. The van der Waals surface area contributed by atoms with Gasteiger partial charge in [0.05, 0.1) is 11.9 Å². The summed E-state index contributed by atoms with van der Waals surface area (Å²) >= 11 is 1.28. The van der Waals surface area contributed by atoms with Crippen LogP contribution in [0.15, 0.2) is 29.4 Å². The summed E-state index contributed by atoms with van der Waals surface area (Å²) in [5.74, 6) is 7.39. The zero-order chi connectivity index (χ0) is 17.5. The number of aromatic nitrogens is 3. The van der Waals surface area contributed by atoms with Crippen molar-refractivity contribution in [3.05, 3.63) is 24.3 Å². The second-order valence-electron chi connectivity index (χ2n) is 5.18. The standard InChI is InChI=1S/C16H23N5O2S/c1-4-10-18-15(22)11(3)24-16-20-19-14(21(16)17)12-6-8-13(9-7-12)23-5-2/h6-9,11H,4-5,10,17H2,1-3H3,(H,18,22)/t11-/m1/s1. The van der Waals surface area contributed by atoms with Gasteiger partial charge >= 0.3 is 0 Å². The number of nitrogen functional groups attached to an aromatic ring is 1. The number of rotatable bonds is 8. The molecule has 2 rings (SSSR count). The molecule has 0 bridgehead atoms. The van der Waals surface area contributed by atoms with E-state index in [1.165, 1.54) is 16.4 Å². The summed E-state index contributed by atoms with van der Waals surface area (Å²) in [5, 5.41) is 11.3. The Morgan fingerprint density at radius 1 is 1.33 bits per heavy atom. The highest BCUT2D eigenvalue weighted by molar-refractivity contribution is 8.00. The van der Waals surface area contributed by atoms with Gasteiger partial charge in [-0.05, 0) is 44.5 Å². The highest BCUT2D eigenvalue weighted by Crippen LogP contribution is 2.25. The van der Waals surface area contributed by atoms with E-state index in [2.05, 4.69) is 15.5 Å². The van der Waals surface area contributed by atoms with Crippen LogP contribution in [0.4, 0.5) is 0 Å². The molecule has 7 nitrogen and oxygen atoms in total. The Kier molecular flexibility index (Phi) is 6.48.